The molecule has 0 bridgehead atoms. The average molecular weight is 377 g/mol. The fourth-order valence-corrected chi connectivity index (χ4v) is 4.24. The number of aryl methyl sites for hydroxylation is 1. The third-order valence-electron chi connectivity index (χ3n) is 4.83. The lowest BCUT2D eigenvalue weighted by atomic mass is 9.91. The molecular formula is C22H28BN3S. The van der Waals surface area contributed by atoms with Crippen LogP contribution in [-0.4, -0.2) is 17.2 Å². The van der Waals surface area contributed by atoms with E-state index in [2.05, 4.69) is 63.3 Å². The lowest BCUT2D eigenvalue weighted by Gasteiger charge is -2.11. The van der Waals surface area contributed by atoms with E-state index in [1.165, 1.54) is 28.2 Å². The molecule has 0 saturated heterocycles. The van der Waals surface area contributed by atoms with E-state index in [9.17, 15) is 0 Å². The highest BCUT2D eigenvalue weighted by molar-refractivity contribution is 7.09. The Bertz CT molecular complexity index is 918. The maximum atomic E-state index is 6.28. The van der Waals surface area contributed by atoms with E-state index in [-0.39, 0.29) is 0 Å². The molecule has 0 radical (unpaired) electrons. The Balaban J connectivity index is 1.94. The quantitative estimate of drug-likeness (QED) is 0.475. The van der Waals surface area contributed by atoms with Gasteiger partial charge < -0.3 is 5.73 Å². The van der Waals surface area contributed by atoms with Crippen molar-refractivity contribution < 1.29 is 0 Å². The summed E-state index contributed by atoms with van der Waals surface area (Å²) in [7, 11) is 2.22. The van der Waals surface area contributed by atoms with E-state index >= 15 is 0 Å². The molecule has 140 valence electrons. The van der Waals surface area contributed by atoms with Gasteiger partial charge in [0.15, 0.2) is 5.82 Å². The number of nitrogen functional groups attached to an aromatic ring is 1. The van der Waals surface area contributed by atoms with Crippen molar-refractivity contribution in [2.24, 2.45) is 5.92 Å². The molecule has 0 saturated carbocycles. The molecule has 0 atom stereocenters. The summed E-state index contributed by atoms with van der Waals surface area (Å²) >= 11 is 1.45. The van der Waals surface area contributed by atoms with Crippen LogP contribution in [0.1, 0.15) is 37.5 Å². The van der Waals surface area contributed by atoms with Gasteiger partial charge in [-0.05, 0) is 59.5 Å². The molecule has 1 aromatic heterocycles. The van der Waals surface area contributed by atoms with Crippen LogP contribution in [0.5, 0.6) is 0 Å². The Morgan fingerprint density at radius 2 is 1.96 bits per heavy atom. The first kappa shape index (κ1) is 19.6. The lowest BCUT2D eigenvalue weighted by molar-refractivity contribution is 0.648. The summed E-state index contributed by atoms with van der Waals surface area (Å²) in [5.74, 6) is 1.42. The molecule has 0 spiro atoms. The molecule has 5 heteroatoms. The number of rotatable bonds is 7. The van der Waals surface area contributed by atoms with Crippen molar-refractivity contribution >= 4 is 25.1 Å². The molecular weight excluding hydrogens is 349 g/mol. The second kappa shape index (κ2) is 8.70. The van der Waals surface area contributed by atoms with Crippen molar-refractivity contribution in [3.05, 3.63) is 53.1 Å². The Morgan fingerprint density at radius 1 is 1.15 bits per heavy atom. The van der Waals surface area contributed by atoms with Gasteiger partial charge in [-0.15, -0.1) is 0 Å². The van der Waals surface area contributed by atoms with Crippen molar-refractivity contribution in [1.82, 2.24) is 9.36 Å². The van der Waals surface area contributed by atoms with Crippen molar-refractivity contribution in [3.8, 4) is 22.0 Å². The van der Waals surface area contributed by atoms with Crippen LogP contribution in [0.15, 0.2) is 36.4 Å². The fraction of sp³-hybridized carbons (Fsp3) is 0.364. The van der Waals surface area contributed by atoms with Crippen molar-refractivity contribution in [3.63, 3.8) is 0 Å². The van der Waals surface area contributed by atoms with Crippen LogP contribution in [0.4, 0.5) is 5.69 Å². The topological polar surface area (TPSA) is 51.8 Å². The highest BCUT2D eigenvalue weighted by atomic mass is 32.1. The number of aromatic nitrogens is 2. The molecule has 1 heterocycles. The number of benzene rings is 2. The molecule has 3 rings (SSSR count). The number of anilines is 1. The van der Waals surface area contributed by atoms with Gasteiger partial charge in [0.1, 0.15) is 12.9 Å². The molecule has 2 N–H and O–H groups in total. The number of hydrogen-bond acceptors (Lipinski definition) is 4. The van der Waals surface area contributed by atoms with Gasteiger partial charge in [-0.3, -0.25) is 0 Å². The molecule has 0 unspecified atom stereocenters. The normalized spacial score (nSPS) is 11.3. The van der Waals surface area contributed by atoms with Gasteiger partial charge in [-0.1, -0.05) is 57.4 Å². The van der Waals surface area contributed by atoms with E-state index in [0.717, 1.165) is 53.2 Å². The van der Waals surface area contributed by atoms with Gasteiger partial charge in [0.2, 0.25) is 0 Å². The molecule has 0 fully saturated rings. The van der Waals surface area contributed by atoms with E-state index in [1.807, 2.05) is 6.07 Å². The van der Waals surface area contributed by atoms with Crippen LogP contribution in [0, 0.1) is 5.92 Å². The summed E-state index contributed by atoms with van der Waals surface area (Å²) in [5.41, 5.74) is 13.3. The maximum absolute atomic E-state index is 6.28. The molecule has 3 nitrogen and oxygen atoms in total. The van der Waals surface area contributed by atoms with Crippen LogP contribution in [-0.2, 0) is 19.3 Å². The molecule has 0 aliphatic carbocycles. The van der Waals surface area contributed by atoms with Crippen molar-refractivity contribution in [1.29, 1.82) is 0 Å². The summed E-state index contributed by atoms with van der Waals surface area (Å²) in [5, 5.41) is 0.927. The number of hydrogen-bond donors (Lipinski definition) is 1. The Labute approximate surface area is 167 Å². The zero-order valence-electron chi connectivity index (χ0n) is 16.7. The van der Waals surface area contributed by atoms with Crippen LogP contribution in [0.25, 0.3) is 22.0 Å². The SMILES string of the molecule is BCCc1cccc(-c2nsc(-c3ccc(CC(C)C)c(N)c3)n2)c1CC. The molecule has 0 amide bonds. The van der Waals surface area contributed by atoms with E-state index in [4.69, 9.17) is 10.7 Å². The zero-order valence-corrected chi connectivity index (χ0v) is 17.6. The summed E-state index contributed by atoms with van der Waals surface area (Å²) in [6.45, 7) is 6.63. The molecule has 2 aromatic carbocycles. The summed E-state index contributed by atoms with van der Waals surface area (Å²) in [4.78, 5) is 4.84. The number of nitrogens with zero attached hydrogens (tertiary/aromatic N) is 2. The van der Waals surface area contributed by atoms with Crippen molar-refractivity contribution in [2.45, 2.75) is 46.4 Å². The monoisotopic (exact) mass is 377 g/mol. The van der Waals surface area contributed by atoms with Gasteiger partial charge in [0, 0.05) is 16.8 Å². The van der Waals surface area contributed by atoms with Gasteiger partial charge in [-0.2, -0.15) is 4.37 Å². The third kappa shape index (κ3) is 4.41. The maximum Gasteiger partial charge on any atom is 0.173 e. The third-order valence-corrected chi connectivity index (χ3v) is 5.60. The minimum Gasteiger partial charge on any atom is -0.398 e. The Hall–Kier alpha value is -2.14. The van der Waals surface area contributed by atoms with Gasteiger partial charge >= 0.3 is 0 Å². The number of nitrogens with two attached hydrogens (primary N) is 1. The van der Waals surface area contributed by atoms with Gasteiger partial charge in [0.05, 0.1) is 0 Å². The molecule has 0 aliphatic rings. The second-order valence-corrected chi connectivity index (χ2v) is 8.23. The summed E-state index contributed by atoms with van der Waals surface area (Å²) < 4.78 is 4.66. The van der Waals surface area contributed by atoms with E-state index in [1.54, 1.807) is 0 Å². The van der Waals surface area contributed by atoms with E-state index in [0.29, 0.717) is 5.92 Å². The van der Waals surface area contributed by atoms with Crippen LogP contribution in [0.3, 0.4) is 0 Å². The summed E-state index contributed by atoms with van der Waals surface area (Å²) in [6, 6.07) is 12.8. The van der Waals surface area contributed by atoms with Crippen LogP contribution >= 0.6 is 11.5 Å². The second-order valence-electron chi connectivity index (χ2n) is 7.48. The Kier molecular flexibility index (Phi) is 6.32. The first-order chi connectivity index (χ1) is 13.0. The van der Waals surface area contributed by atoms with Crippen LogP contribution < -0.4 is 5.73 Å². The first-order valence-corrected chi connectivity index (χ1v) is 10.6. The van der Waals surface area contributed by atoms with E-state index < -0.39 is 0 Å². The highest BCUT2D eigenvalue weighted by Gasteiger charge is 2.14. The highest BCUT2D eigenvalue weighted by Crippen LogP contribution is 2.31. The van der Waals surface area contributed by atoms with Crippen LogP contribution in [0.2, 0.25) is 6.32 Å². The standard InChI is InChI=1S/C22H28BN3S/c1-4-18-15(10-11-23)6-5-7-19(18)21-25-22(27-26-21)17-9-8-16(12-14(2)3)20(24)13-17/h5-9,13-14H,4,10-12,23-24H2,1-3H3. The minimum atomic E-state index is 0.592. The lowest BCUT2D eigenvalue weighted by Crippen LogP contribution is -1.99. The molecule has 0 aliphatic heterocycles. The minimum absolute atomic E-state index is 0.592. The molecule has 3 aromatic rings. The zero-order chi connectivity index (χ0) is 19.4. The fourth-order valence-electron chi connectivity index (χ4n) is 3.57. The smallest absolute Gasteiger partial charge is 0.173 e. The Morgan fingerprint density at radius 3 is 2.63 bits per heavy atom. The predicted molar refractivity (Wildman–Crippen MR) is 120 cm³/mol. The van der Waals surface area contributed by atoms with Gasteiger partial charge in [-0.25, -0.2) is 4.98 Å². The average Bonchev–Trinajstić information content (AvgIpc) is 3.13. The van der Waals surface area contributed by atoms with Crippen molar-refractivity contribution in [2.75, 3.05) is 5.73 Å². The van der Waals surface area contributed by atoms with Gasteiger partial charge in [0.25, 0.3) is 0 Å². The summed E-state index contributed by atoms with van der Waals surface area (Å²) in [6.07, 6.45) is 4.24. The predicted octanol–water partition coefficient (Wildman–Crippen LogP) is 4.81. The first-order valence-electron chi connectivity index (χ1n) is 9.87. The largest absolute Gasteiger partial charge is 0.398 e. The molecule has 27 heavy (non-hydrogen) atoms.